The molecule has 0 bridgehead atoms. The molecule has 100 valence electrons. The summed E-state index contributed by atoms with van der Waals surface area (Å²) in [7, 11) is 0. The van der Waals surface area contributed by atoms with Gasteiger partial charge in [0.05, 0.1) is 10.6 Å². The molecule has 0 atom stereocenters. The Kier molecular flexibility index (Phi) is 5.67. The maximum Gasteiger partial charge on any atom is 0.278 e. The van der Waals surface area contributed by atoms with Crippen molar-refractivity contribution in [2.75, 3.05) is 13.2 Å². The third-order valence-corrected chi connectivity index (χ3v) is 2.81. The Morgan fingerprint density at radius 3 is 2.78 bits per heavy atom. The molecule has 0 spiro atoms. The van der Waals surface area contributed by atoms with Crippen molar-refractivity contribution in [3.8, 4) is 0 Å². The van der Waals surface area contributed by atoms with E-state index in [0.29, 0.717) is 23.4 Å². The van der Waals surface area contributed by atoms with Crippen molar-refractivity contribution in [1.29, 1.82) is 0 Å². The number of nitrogens with zero attached hydrogens (tertiary/aromatic N) is 2. The summed E-state index contributed by atoms with van der Waals surface area (Å²) in [6.45, 7) is 4.89. The predicted molar refractivity (Wildman–Crippen MR) is 68.4 cm³/mol. The zero-order valence-electron chi connectivity index (χ0n) is 10.8. The molecule has 1 aromatic heterocycles. The van der Waals surface area contributed by atoms with E-state index < -0.39 is 0 Å². The van der Waals surface area contributed by atoms with Gasteiger partial charge in [0.25, 0.3) is 5.69 Å². The number of hydrogen-bond acceptors (Lipinski definition) is 5. The molecule has 0 aliphatic heterocycles. The van der Waals surface area contributed by atoms with Gasteiger partial charge in [-0.3, -0.25) is 15.1 Å². The molecular weight excluding hydrogens is 234 g/mol. The van der Waals surface area contributed by atoms with Crippen molar-refractivity contribution in [2.45, 2.75) is 33.2 Å². The zero-order chi connectivity index (χ0) is 13.5. The molecule has 0 amide bonds. The number of nitrogens with one attached hydrogen (secondary N) is 1. The smallest absolute Gasteiger partial charge is 0.278 e. The summed E-state index contributed by atoms with van der Waals surface area (Å²) in [5.41, 5.74) is 2.06. The van der Waals surface area contributed by atoms with E-state index in [2.05, 4.69) is 10.3 Å². The molecule has 1 rings (SSSR count). The van der Waals surface area contributed by atoms with Gasteiger partial charge in [-0.05, 0) is 33.2 Å². The van der Waals surface area contributed by atoms with Crippen LogP contribution in [0.3, 0.4) is 0 Å². The fraction of sp³-hybridized carbons (Fsp3) is 0.583. The van der Waals surface area contributed by atoms with Crippen LogP contribution in [0.4, 0.5) is 5.69 Å². The third-order valence-electron chi connectivity index (χ3n) is 2.81. The number of aromatic nitrogens is 1. The molecular formula is C12H19N3O3. The first kappa shape index (κ1) is 14.5. The summed E-state index contributed by atoms with van der Waals surface area (Å²) in [6.07, 6.45) is 3.17. The van der Waals surface area contributed by atoms with Gasteiger partial charge in [0.2, 0.25) is 0 Å². The maximum absolute atomic E-state index is 10.9. The molecule has 1 heterocycles. The summed E-state index contributed by atoms with van der Waals surface area (Å²) in [4.78, 5) is 14.8. The minimum absolute atomic E-state index is 0.150. The standard InChI is InChI=1S/C12H19N3O3/c1-9-7-14-11(8-13-5-3-4-6-16)10(2)12(9)15(17)18/h7,13,16H,3-6,8H2,1-2H3. The van der Waals surface area contributed by atoms with Crippen LogP contribution in [0.2, 0.25) is 0 Å². The molecule has 6 heteroatoms. The average molecular weight is 253 g/mol. The second-order valence-corrected chi connectivity index (χ2v) is 4.23. The molecule has 0 saturated carbocycles. The molecule has 0 fully saturated rings. The van der Waals surface area contributed by atoms with Gasteiger partial charge in [0, 0.05) is 30.5 Å². The Balaban J connectivity index is 2.67. The number of unbranched alkanes of at least 4 members (excludes halogenated alkanes) is 1. The number of aliphatic hydroxyl groups excluding tert-OH is 1. The minimum Gasteiger partial charge on any atom is -0.396 e. The van der Waals surface area contributed by atoms with Gasteiger partial charge < -0.3 is 10.4 Å². The quantitative estimate of drug-likeness (QED) is 0.436. The molecule has 0 aliphatic carbocycles. The Bertz CT molecular complexity index is 421. The lowest BCUT2D eigenvalue weighted by Crippen LogP contribution is -2.17. The lowest BCUT2D eigenvalue weighted by Gasteiger charge is -2.08. The lowest BCUT2D eigenvalue weighted by atomic mass is 10.1. The van der Waals surface area contributed by atoms with E-state index in [4.69, 9.17) is 5.11 Å². The van der Waals surface area contributed by atoms with Crippen molar-refractivity contribution in [3.63, 3.8) is 0 Å². The summed E-state index contributed by atoms with van der Waals surface area (Å²) >= 11 is 0. The lowest BCUT2D eigenvalue weighted by molar-refractivity contribution is -0.386. The first-order valence-corrected chi connectivity index (χ1v) is 5.99. The highest BCUT2D eigenvalue weighted by Gasteiger charge is 2.18. The van der Waals surface area contributed by atoms with Crippen LogP contribution in [0.5, 0.6) is 0 Å². The number of aliphatic hydroxyl groups is 1. The average Bonchev–Trinajstić information content (AvgIpc) is 2.31. The van der Waals surface area contributed by atoms with Gasteiger partial charge in [0.1, 0.15) is 0 Å². The Hall–Kier alpha value is -1.53. The van der Waals surface area contributed by atoms with E-state index in [9.17, 15) is 10.1 Å². The largest absolute Gasteiger partial charge is 0.396 e. The van der Waals surface area contributed by atoms with Gasteiger partial charge in [-0.2, -0.15) is 0 Å². The van der Waals surface area contributed by atoms with Crippen LogP contribution in [0.15, 0.2) is 6.20 Å². The number of nitro groups is 1. The van der Waals surface area contributed by atoms with Gasteiger partial charge in [-0.1, -0.05) is 0 Å². The first-order chi connectivity index (χ1) is 8.57. The summed E-state index contributed by atoms with van der Waals surface area (Å²) in [5.74, 6) is 0. The van der Waals surface area contributed by atoms with E-state index in [0.717, 1.165) is 19.4 Å². The van der Waals surface area contributed by atoms with Crippen molar-refractivity contribution in [3.05, 3.63) is 33.1 Å². The Morgan fingerprint density at radius 2 is 2.17 bits per heavy atom. The molecule has 0 aliphatic rings. The number of hydrogen-bond donors (Lipinski definition) is 2. The van der Waals surface area contributed by atoms with E-state index >= 15 is 0 Å². The van der Waals surface area contributed by atoms with Gasteiger partial charge in [0.15, 0.2) is 0 Å². The minimum atomic E-state index is -0.360. The van der Waals surface area contributed by atoms with Crippen molar-refractivity contribution in [1.82, 2.24) is 10.3 Å². The second kappa shape index (κ2) is 7.03. The van der Waals surface area contributed by atoms with Gasteiger partial charge >= 0.3 is 0 Å². The van der Waals surface area contributed by atoms with Crippen molar-refractivity contribution < 1.29 is 10.0 Å². The van der Waals surface area contributed by atoms with Gasteiger partial charge in [-0.25, -0.2) is 0 Å². The van der Waals surface area contributed by atoms with E-state index in [1.54, 1.807) is 13.8 Å². The molecule has 2 N–H and O–H groups in total. The normalized spacial score (nSPS) is 10.6. The second-order valence-electron chi connectivity index (χ2n) is 4.23. The summed E-state index contributed by atoms with van der Waals surface area (Å²) < 4.78 is 0. The number of aryl methyl sites for hydroxylation is 1. The van der Waals surface area contributed by atoms with Crippen LogP contribution in [-0.2, 0) is 6.54 Å². The van der Waals surface area contributed by atoms with Crippen LogP contribution in [0.25, 0.3) is 0 Å². The molecule has 0 unspecified atom stereocenters. The SMILES string of the molecule is Cc1cnc(CNCCCCO)c(C)c1[N+](=O)[O-]. The Morgan fingerprint density at radius 1 is 1.44 bits per heavy atom. The van der Waals surface area contributed by atoms with Crippen LogP contribution in [0.1, 0.15) is 29.7 Å². The van der Waals surface area contributed by atoms with E-state index in [-0.39, 0.29) is 17.2 Å². The van der Waals surface area contributed by atoms with E-state index in [1.165, 1.54) is 6.20 Å². The predicted octanol–water partition coefficient (Wildman–Crippen LogP) is 1.47. The molecule has 0 saturated heterocycles. The third kappa shape index (κ3) is 3.75. The van der Waals surface area contributed by atoms with Crippen molar-refractivity contribution in [2.24, 2.45) is 0 Å². The molecule has 1 aromatic rings. The van der Waals surface area contributed by atoms with Gasteiger partial charge in [-0.15, -0.1) is 0 Å². The zero-order valence-corrected chi connectivity index (χ0v) is 10.8. The number of pyridine rings is 1. The van der Waals surface area contributed by atoms with E-state index in [1.807, 2.05) is 0 Å². The highest BCUT2D eigenvalue weighted by Crippen LogP contribution is 2.23. The highest BCUT2D eigenvalue weighted by molar-refractivity contribution is 5.47. The first-order valence-electron chi connectivity index (χ1n) is 5.99. The van der Waals surface area contributed by atoms with Crippen LogP contribution in [-0.4, -0.2) is 28.2 Å². The molecule has 0 aromatic carbocycles. The highest BCUT2D eigenvalue weighted by atomic mass is 16.6. The Labute approximate surface area is 106 Å². The van der Waals surface area contributed by atoms with Crippen molar-refractivity contribution >= 4 is 5.69 Å². The fourth-order valence-corrected chi connectivity index (χ4v) is 1.79. The maximum atomic E-state index is 10.9. The molecule has 6 nitrogen and oxygen atoms in total. The number of rotatable bonds is 7. The van der Waals surface area contributed by atoms with Crippen LogP contribution in [0, 0.1) is 24.0 Å². The summed E-state index contributed by atoms with van der Waals surface area (Å²) in [6, 6.07) is 0. The fourth-order valence-electron chi connectivity index (χ4n) is 1.79. The monoisotopic (exact) mass is 253 g/mol. The molecule has 0 radical (unpaired) electrons. The topological polar surface area (TPSA) is 88.3 Å². The van der Waals surface area contributed by atoms with Crippen LogP contribution < -0.4 is 5.32 Å². The molecule has 18 heavy (non-hydrogen) atoms. The van der Waals surface area contributed by atoms with Crippen LogP contribution >= 0.6 is 0 Å². The summed E-state index contributed by atoms with van der Waals surface area (Å²) in [5, 5.41) is 22.7.